The Morgan fingerprint density at radius 1 is 1.21 bits per heavy atom. The van der Waals surface area contributed by atoms with E-state index in [1.807, 2.05) is 53.6 Å². The number of anilines is 1. The molecule has 3 aromatic rings. The van der Waals surface area contributed by atoms with Gasteiger partial charge in [-0.15, -0.1) is 0 Å². The number of rotatable bonds is 6. The van der Waals surface area contributed by atoms with Gasteiger partial charge in [0.25, 0.3) is 0 Å². The minimum Gasteiger partial charge on any atom is -0.310 e. The average Bonchev–Trinajstić information content (AvgIpc) is 3.12. The third-order valence-corrected chi connectivity index (χ3v) is 4.22. The molecule has 6 nitrogen and oxygen atoms in total. The average molecular weight is 325 g/mol. The summed E-state index contributed by atoms with van der Waals surface area (Å²) >= 11 is 0. The summed E-state index contributed by atoms with van der Waals surface area (Å²) < 4.78 is 3.92. The Labute approximate surface area is 141 Å². The highest BCUT2D eigenvalue weighted by molar-refractivity contribution is 5.91. The van der Waals surface area contributed by atoms with Crippen LogP contribution in [0.15, 0.2) is 30.5 Å². The largest absolute Gasteiger partial charge is 0.310 e. The van der Waals surface area contributed by atoms with Crippen LogP contribution < -0.4 is 5.32 Å². The number of aryl methyl sites for hydroxylation is 4. The summed E-state index contributed by atoms with van der Waals surface area (Å²) in [4.78, 5) is 16.9. The first-order valence-electron chi connectivity index (χ1n) is 8.40. The molecule has 0 aliphatic rings. The molecule has 3 rings (SSSR count). The Kier molecular flexibility index (Phi) is 4.64. The molecule has 1 N–H and O–H groups in total. The Morgan fingerprint density at radius 3 is 2.71 bits per heavy atom. The summed E-state index contributed by atoms with van der Waals surface area (Å²) in [6.07, 6.45) is 3.12. The van der Waals surface area contributed by atoms with Gasteiger partial charge in [0.1, 0.15) is 0 Å². The van der Waals surface area contributed by atoms with Crippen molar-refractivity contribution in [3.8, 4) is 0 Å². The van der Waals surface area contributed by atoms with Gasteiger partial charge in [0.15, 0.2) is 0 Å². The quantitative estimate of drug-likeness (QED) is 0.757. The molecule has 0 saturated heterocycles. The predicted molar refractivity (Wildman–Crippen MR) is 95.0 cm³/mol. The van der Waals surface area contributed by atoms with Crippen molar-refractivity contribution in [2.24, 2.45) is 0 Å². The van der Waals surface area contributed by atoms with E-state index < -0.39 is 0 Å². The first-order chi connectivity index (χ1) is 11.6. The second-order valence-corrected chi connectivity index (χ2v) is 5.81. The number of para-hydroxylation sites is 2. The third kappa shape index (κ3) is 3.18. The number of nitrogens with zero attached hydrogens (tertiary/aromatic N) is 4. The summed E-state index contributed by atoms with van der Waals surface area (Å²) in [5.41, 5.74) is 4.05. The van der Waals surface area contributed by atoms with Crippen LogP contribution in [0.1, 0.15) is 31.5 Å². The molecule has 0 saturated carbocycles. The van der Waals surface area contributed by atoms with E-state index in [2.05, 4.69) is 22.3 Å². The molecule has 2 aromatic heterocycles. The van der Waals surface area contributed by atoms with Gasteiger partial charge in [0.2, 0.25) is 11.9 Å². The van der Waals surface area contributed by atoms with Gasteiger partial charge in [-0.2, -0.15) is 5.10 Å². The zero-order chi connectivity index (χ0) is 17.1. The molecule has 24 heavy (non-hydrogen) atoms. The van der Waals surface area contributed by atoms with Crippen LogP contribution in [-0.4, -0.2) is 25.2 Å². The van der Waals surface area contributed by atoms with Crippen LogP contribution in [0.2, 0.25) is 0 Å². The monoisotopic (exact) mass is 325 g/mol. The number of aromatic nitrogens is 4. The lowest BCUT2D eigenvalue weighted by atomic mass is 10.1. The smallest absolute Gasteiger partial charge is 0.227 e. The van der Waals surface area contributed by atoms with E-state index in [0.717, 1.165) is 35.4 Å². The SMILES string of the molecule is CCn1cc(CCC(=O)Nc2nc3ccccc3n2CC)c(C)n1. The van der Waals surface area contributed by atoms with Crippen LogP contribution in [0.4, 0.5) is 5.95 Å². The van der Waals surface area contributed by atoms with E-state index in [1.54, 1.807) is 0 Å². The van der Waals surface area contributed by atoms with Gasteiger partial charge in [0.05, 0.1) is 16.7 Å². The first-order valence-corrected chi connectivity index (χ1v) is 8.40. The van der Waals surface area contributed by atoms with Gasteiger partial charge in [-0.05, 0) is 44.9 Å². The van der Waals surface area contributed by atoms with Gasteiger partial charge in [-0.1, -0.05) is 12.1 Å². The molecule has 0 aliphatic carbocycles. The van der Waals surface area contributed by atoms with E-state index >= 15 is 0 Å². The molecule has 0 spiro atoms. The number of fused-ring (bicyclic) bond motifs is 1. The molecule has 0 fully saturated rings. The zero-order valence-corrected chi connectivity index (χ0v) is 14.4. The number of benzene rings is 1. The standard InChI is InChI=1S/C18H23N5O/c1-4-22-12-14(13(3)21-22)10-11-17(24)20-18-19-15-8-6-7-9-16(15)23(18)5-2/h6-9,12H,4-5,10-11H2,1-3H3,(H,19,20,24). The lowest BCUT2D eigenvalue weighted by Gasteiger charge is -2.07. The molecule has 0 aliphatic heterocycles. The van der Waals surface area contributed by atoms with Crippen molar-refractivity contribution in [1.29, 1.82) is 0 Å². The van der Waals surface area contributed by atoms with Gasteiger partial charge in [-0.3, -0.25) is 14.8 Å². The van der Waals surface area contributed by atoms with Gasteiger partial charge in [-0.25, -0.2) is 4.98 Å². The highest BCUT2D eigenvalue weighted by Gasteiger charge is 2.13. The third-order valence-electron chi connectivity index (χ3n) is 4.22. The number of imidazole rings is 1. The van der Waals surface area contributed by atoms with Crippen LogP contribution in [0, 0.1) is 6.92 Å². The Morgan fingerprint density at radius 2 is 2.00 bits per heavy atom. The van der Waals surface area contributed by atoms with Crippen molar-refractivity contribution in [2.45, 2.75) is 46.7 Å². The lowest BCUT2D eigenvalue weighted by molar-refractivity contribution is -0.116. The topological polar surface area (TPSA) is 64.7 Å². The van der Waals surface area contributed by atoms with Crippen molar-refractivity contribution in [3.05, 3.63) is 41.7 Å². The molecule has 6 heteroatoms. The summed E-state index contributed by atoms with van der Waals surface area (Å²) in [6.45, 7) is 7.69. The molecule has 126 valence electrons. The normalized spacial score (nSPS) is 11.1. The molecule has 1 aromatic carbocycles. The van der Waals surface area contributed by atoms with E-state index in [1.165, 1.54) is 0 Å². The van der Waals surface area contributed by atoms with Crippen molar-refractivity contribution in [3.63, 3.8) is 0 Å². The van der Waals surface area contributed by atoms with Gasteiger partial charge in [0, 0.05) is 25.7 Å². The fraction of sp³-hybridized carbons (Fsp3) is 0.389. The molecule has 1 amide bonds. The van der Waals surface area contributed by atoms with Crippen LogP contribution in [0.5, 0.6) is 0 Å². The maximum atomic E-state index is 12.3. The Hall–Kier alpha value is -2.63. The fourth-order valence-electron chi connectivity index (χ4n) is 2.89. The summed E-state index contributed by atoms with van der Waals surface area (Å²) in [7, 11) is 0. The predicted octanol–water partition coefficient (Wildman–Crippen LogP) is 3.15. The number of hydrogen-bond donors (Lipinski definition) is 1. The molecular formula is C18H23N5O. The highest BCUT2D eigenvalue weighted by Crippen LogP contribution is 2.19. The molecule has 0 radical (unpaired) electrons. The van der Waals surface area contributed by atoms with Crippen molar-refractivity contribution >= 4 is 22.9 Å². The van der Waals surface area contributed by atoms with E-state index in [-0.39, 0.29) is 5.91 Å². The second kappa shape index (κ2) is 6.86. The Bertz CT molecular complexity index is 862. The second-order valence-electron chi connectivity index (χ2n) is 5.81. The molecule has 0 bridgehead atoms. The highest BCUT2D eigenvalue weighted by atomic mass is 16.1. The fourth-order valence-corrected chi connectivity index (χ4v) is 2.89. The molecule has 0 atom stereocenters. The maximum Gasteiger partial charge on any atom is 0.227 e. The summed E-state index contributed by atoms with van der Waals surface area (Å²) in [6, 6.07) is 7.91. The van der Waals surface area contributed by atoms with E-state index in [0.29, 0.717) is 18.8 Å². The van der Waals surface area contributed by atoms with E-state index in [9.17, 15) is 4.79 Å². The Balaban J connectivity index is 1.69. The van der Waals surface area contributed by atoms with Crippen LogP contribution in [0.3, 0.4) is 0 Å². The summed E-state index contributed by atoms with van der Waals surface area (Å²) in [5.74, 6) is 0.591. The zero-order valence-electron chi connectivity index (χ0n) is 14.4. The number of carbonyl (C=O) groups excluding carboxylic acids is 1. The molecule has 0 unspecified atom stereocenters. The minimum absolute atomic E-state index is 0.0244. The number of carbonyl (C=O) groups is 1. The number of hydrogen-bond acceptors (Lipinski definition) is 3. The van der Waals surface area contributed by atoms with Crippen LogP contribution >= 0.6 is 0 Å². The van der Waals surface area contributed by atoms with Crippen molar-refractivity contribution in [1.82, 2.24) is 19.3 Å². The maximum absolute atomic E-state index is 12.3. The van der Waals surface area contributed by atoms with Crippen LogP contribution in [-0.2, 0) is 24.3 Å². The van der Waals surface area contributed by atoms with Gasteiger partial charge < -0.3 is 4.57 Å². The van der Waals surface area contributed by atoms with E-state index in [4.69, 9.17) is 0 Å². The van der Waals surface area contributed by atoms with Gasteiger partial charge >= 0.3 is 0 Å². The van der Waals surface area contributed by atoms with Crippen LogP contribution in [0.25, 0.3) is 11.0 Å². The summed E-state index contributed by atoms with van der Waals surface area (Å²) in [5, 5.41) is 7.36. The number of nitrogens with one attached hydrogen (secondary N) is 1. The minimum atomic E-state index is -0.0244. The molecule has 2 heterocycles. The number of amides is 1. The lowest BCUT2D eigenvalue weighted by Crippen LogP contribution is -2.16. The van der Waals surface area contributed by atoms with Crippen molar-refractivity contribution < 1.29 is 4.79 Å². The molecular weight excluding hydrogens is 302 g/mol. The first kappa shape index (κ1) is 16.2. The van der Waals surface area contributed by atoms with Crippen molar-refractivity contribution in [2.75, 3.05) is 5.32 Å².